The van der Waals surface area contributed by atoms with Crippen LogP contribution >= 0.6 is 0 Å². The third-order valence-corrected chi connectivity index (χ3v) is 3.49. The summed E-state index contributed by atoms with van der Waals surface area (Å²) in [6.45, 7) is 2.61. The highest BCUT2D eigenvalue weighted by Gasteiger charge is 2.30. The molecular formula is C14H16N2O3. The minimum atomic E-state index is 0.0340. The van der Waals surface area contributed by atoms with E-state index in [4.69, 9.17) is 9.52 Å². The van der Waals surface area contributed by atoms with E-state index in [9.17, 15) is 4.79 Å². The molecule has 0 spiro atoms. The number of benzene rings is 1. The summed E-state index contributed by atoms with van der Waals surface area (Å²) in [7, 11) is 0. The lowest BCUT2D eigenvalue weighted by Crippen LogP contribution is -2.24. The van der Waals surface area contributed by atoms with Crippen molar-refractivity contribution in [3.63, 3.8) is 0 Å². The van der Waals surface area contributed by atoms with E-state index in [0.717, 1.165) is 23.2 Å². The molecular weight excluding hydrogens is 244 g/mol. The van der Waals surface area contributed by atoms with E-state index in [0.29, 0.717) is 18.9 Å². The molecule has 1 N–H and O–H groups in total. The molecule has 19 heavy (non-hydrogen) atoms. The third-order valence-electron chi connectivity index (χ3n) is 3.49. The Morgan fingerprint density at radius 1 is 1.53 bits per heavy atom. The van der Waals surface area contributed by atoms with Crippen molar-refractivity contribution in [1.82, 2.24) is 4.98 Å². The van der Waals surface area contributed by atoms with E-state index in [2.05, 4.69) is 4.98 Å². The summed E-state index contributed by atoms with van der Waals surface area (Å²) < 4.78 is 5.55. The van der Waals surface area contributed by atoms with Crippen LogP contribution in [0.15, 0.2) is 22.6 Å². The summed E-state index contributed by atoms with van der Waals surface area (Å²) in [5.74, 6) is 0.789. The second-order valence-corrected chi connectivity index (χ2v) is 4.87. The third kappa shape index (κ3) is 2.10. The Labute approximate surface area is 110 Å². The molecule has 5 nitrogen and oxygen atoms in total. The van der Waals surface area contributed by atoms with E-state index in [-0.39, 0.29) is 18.4 Å². The van der Waals surface area contributed by atoms with Crippen LogP contribution in [0.1, 0.15) is 19.2 Å². The van der Waals surface area contributed by atoms with Crippen molar-refractivity contribution in [2.24, 2.45) is 5.92 Å². The smallest absolute Gasteiger partial charge is 0.227 e. The van der Waals surface area contributed by atoms with Gasteiger partial charge in [0.05, 0.1) is 0 Å². The number of carbonyl (C=O) groups is 1. The number of hydrogen-bond donors (Lipinski definition) is 1. The first-order chi connectivity index (χ1) is 9.21. The minimum Gasteiger partial charge on any atom is -0.441 e. The van der Waals surface area contributed by atoms with Gasteiger partial charge in [0.25, 0.3) is 0 Å². The van der Waals surface area contributed by atoms with Crippen molar-refractivity contribution in [2.45, 2.75) is 19.8 Å². The number of aryl methyl sites for hydroxylation is 1. The highest BCUT2D eigenvalue weighted by Crippen LogP contribution is 2.28. The summed E-state index contributed by atoms with van der Waals surface area (Å²) in [5.41, 5.74) is 2.34. The molecule has 2 aromatic rings. The molecule has 2 heterocycles. The molecule has 0 aliphatic carbocycles. The molecule has 0 radical (unpaired) electrons. The predicted octanol–water partition coefficient (Wildman–Crippen LogP) is 1.74. The van der Waals surface area contributed by atoms with Crippen LogP contribution < -0.4 is 4.90 Å². The van der Waals surface area contributed by atoms with Crippen LogP contribution in [0.5, 0.6) is 0 Å². The molecule has 1 aliphatic rings. The summed E-state index contributed by atoms with van der Waals surface area (Å²) >= 11 is 0. The van der Waals surface area contributed by atoms with E-state index in [1.165, 1.54) is 0 Å². The molecule has 1 aromatic carbocycles. The fourth-order valence-corrected chi connectivity index (χ4v) is 2.44. The zero-order valence-corrected chi connectivity index (χ0v) is 10.8. The Morgan fingerprint density at radius 2 is 2.37 bits per heavy atom. The monoisotopic (exact) mass is 260 g/mol. The van der Waals surface area contributed by atoms with Crippen molar-refractivity contribution in [3.8, 4) is 0 Å². The molecule has 1 unspecified atom stereocenters. The molecule has 5 heteroatoms. The Hall–Kier alpha value is -1.88. The van der Waals surface area contributed by atoms with Crippen LogP contribution in [-0.2, 0) is 11.2 Å². The highest BCUT2D eigenvalue weighted by atomic mass is 16.3. The number of aliphatic hydroxyl groups excluding tert-OH is 1. The van der Waals surface area contributed by atoms with Gasteiger partial charge in [-0.1, -0.05) is 6.92 Å². The first-order valence-electron chi connectivity index (χ1n) is 6.52. The van der Waals surface area contributed by atoms with Crippen LogP contribution in [0.4, 0.5) is 5.69 Å². The number of rotatable bonds is 3. The Morgan fingerprint density at radius 3 is 3.05 bits per heavy atom. The number of anilines is 1. The van der Waals surface area contributed by atoms with Crippen molar-refractivity contribution < 1.29 is 14.3 Å². The van der Waals surface area contributed by atoms with E-state index >= 15 is 0 Å². The summed E-state index contributed by atoms with van der Waals surface area (Å²) in [4.78, 5) is 18.0. The number of aliphatic hydroxyl groups is 1. The molecule has 1 fully saturated rings. The van der Waals surface area contributed by atoms with Crippen molar-refractivity contribution in [3.05, 3.63) is 24.1 Å². The summed E-state index contributed by atoms with van der Waals surface area (Å²) in [6.07, 6.45) is 1.16. The van der Waals surface area contributed by atoms with Crippen LogP contribution in [0.25, 0.3) is 11.1 Å². The van der Waals surface area contributed by atoms with E-state index in [1.807, 2.05) is 25.1 Å². The lowest BCUT2D eigenvalue weighted by atomic mass is 10.1. The number of nitrogens with zero attached hydrogens (tertiary/aromatic N) is 2. The number of carbonyl (C=O) groups excluding carboxylic acids is 1. The van der Waals surface area contributed by atoms with Gasteiger partial charge >= 0.3 is 0 Å². The lowest BCUT2D eigenvalue weighted by Gasteiger charge is -2.16. The lowest BCUT2D eigenvalue weighted by molar-refractivity contribution is -0.117. The van der Waals surface area contributed by atoms with Gasteiger partial charge in [-0.25, -0.2) is 4.98 Å². The van der Waals surface area contributed by atoms with Gasteiger partial charge < -0.3 is 14.4 Å². The summed E-state index contributed by atoms with van der Waals surface area (Å²) in [6, 6.07) is 5.58. The predicted molar refractivity (Wildman–Crippen MR) is 70.9 cm³/mol. The zero-order valence-electron chi connectivity index (χ0n) is 10.8. The van der Waals surface area contributed by atoms with Gasteiger partial charge in [0, 0.05) is 37.6 Å². The molecule has 0 saturated carbocycles. The molecule has 0 bridgehead atoms. The minimum absolute atomic E-state index is 0.0340. The Bertz CT molecular complexity index is 620. The van der Waals surface area contributed by atoms with Gasteiger partial charge in [-0.2, -0.15) is 0 Å². The van der Waals surface area contributed by atoms with Crippen molar-refractivity contribution in [1.29, 1.82) is 0 Å². The first-order valence-corrected chi connectivity index (χ1v) is 6.52. The maximum atomic E-state index is 11.9. The van der Waals surface area contributed by atoms with Crippen molar-refractivity contribution >= 4 is 22.7 Å². The fraction of sp³-hybridized carbons (Fsp3) is 0.429. The maximum Gasteiger partial charge on any atom is 0.227 e. The number of fused-ring (bicyclic) bond motifs is 1. The summed E-state index contributed by atoms with van der Waals surface area (Å²) in [5, 5.41) is 9.15. The zero-order chi connectivity index (χ0) is 13.4. The second kappa shape index (κ2) is 4.66. The van der Waals surface area contributed by atoms with Crippen LogP contribution in [0, 0.1) is 5.92 Å². The van der Waals surface area contributed by atoms with Gasteiger partial charge in [0.15, 0.2) is 11.5 Å². The second-order valence-electron chi connectivity index (χ2n) is 4.87. The standard InChI is InChI=1S/C14H16N2O3/c1-2-13-15-11-6-10(3-4-12(11)19-13)16-7-9(8-17)5-14(16)18/h3-4,6,9,17H,2,5,7-8H2,1H3. The Kier molecular flexibility index (Phi) is 2.98. The SMILES string of the molecule is CCc1nc2cc(N3CC(CO)CC3=O)ccc2o1. The first kappa shape index (κ1) is 12.2. The number of oxazole rings is 1. The largest absolute Gasteiger partial charge is 0.441 e. The highest BCUT2D eigenvalue weighted by molar-refractivity contribution is 5.97. The van der Waals surface area contributed by atoms with Crippen molar-refractivity contribution in [2.75, 3.05) is 18.1 Å². The number of aromatic nitrogens is 1. The van der Waals surface area contributed by atoms with Gasteiger partial charge in [-0.05, 0) is 18.2 Å². The van der Waals surface area contributed by atoms with Gasteiger partial charge in [-0.15, -0.1) is 0 Å². The van der Waals surface area contributed by atoms with Gasteiger partial charge in [0.2, 0.25) is 5.91 Å². The quantitative estimate of drug-likeness (QED) is 0.912. The fourth-order valence-electron chi connectivity index (χ4n) is 2.44. The average Bonchev–Trinajstić information content (AvgIpc) is 3.00. The van der Waals surface area contributed by atoms with E-state index in [1.54, 1.807) is 4.90 Å². The van der Waals surface area contributed by atoms with Gasteiger partial charge in [0.1, 0.15) is 5.52 Å². The Balaban J connectivity index is 1.94. The molecule has 1 atom stereocenters. The van der Waals surface area contributed by atoms with Crippen LogP contribution in [-0.4, -0.2) is 29.1 Å². The number of hydrogen-bond acceptors (Lipinski definition) is 4. The molecule has 1 aromatic heterocycles. The molecule has 3 rings (SSSR count). The average molecular weight is 260 g/mol. The van der Waals surface area contributed by atoms with E-state index < -0.39 is 0 Å². The van der Waals surface area contributed by atoms with Crippen LogP contribution in [0.3, 0.4) is 0 Å². The normalized spacial score (nSPS) is 19.6. The molecule has 1 saturated heterocycles. The molecule has 1 aliphatic heterocycles. The van der Waals surface area contributed by atoms with Gasteiger partial charge in [-0.3, -0.25) is 4.79 Å². The number of amides is 1. The van der Waals surface area contributed by atoms with Crippen LogP contribution in [0.2, 0.25) is 0 Å². The maximum absolute atomic E-state index is 11.9. The molecule has 100 valence electrons. The topological polar surface area (TPSA) is 66.6 Å². The molecule has 1 amide bonds.